The van der Waals surface area contributed by atoms with Crippen molar-refractivity contribution in [2.24, 2.45) is 0 Å². The lowest BCUT2D eigenvalue weighted by Gasteiger charge is -2.33. The second kappa shape index (κ2) is 10.7. The number of imide groups is 1. The van der Waals surface area contributed by atoms with Gasteiger partial charge < -0.3 is 14.2 Å². The summed E-state index contributed by atoms with van der Waals surface area (Å²) in [6, 6.07) is -0.272. The average molecular weight is 571 g/mol. The molecule has 0 saturated heterocycles. The molecule has 2 amide bonds. The highest BCUT2D eigenvalue weighted by atomic mass is 32.2. The van der Waals surface area contributed by atoms with Crippen molar-refractivity contribution in [3.05, 3.63) is 28.7 Å². The maximum absolute atomic E-state index is 13.3. The van der Waals surface area contributed by atoms with Gasteiger partial charge in [-0.3, -0.25) is 9.78 Å². The second-order valence-electron chi connectivity index (χ2n) is 11.5. The first kappa shape index (κ1) is 29.2. The number of amides is 2. The van der Waals surface area contributed by atoms with E-state index in [1.54, 1.807) is 59.5 Å². The summed E-state index contributed by atoms with van der Waals surface area (Å²) in [4.78, 5) is 53.1. The molecule has 0 spiro atoms. The number of carbonyl (C=O) groups excluding carboxylic acids is 3. The normalized spacial score (nSPS) is 13.7. The van der Waals surface area contributed by atoms with Crippen molar-refractivity contribution in [3.8, 4) is 11.8 Å². The average Bonchev–Trinajstić information content (AvgIpc) is 3.05. The highest BCUT2D eigenvalue weighted by Gasteiger charge is 2.38. The van der Waals surface area contributed by atoms with Gasteiger partial charge in [-0.15, -0.1) is 0 Å². The monoisotopic (exact) mass is 570 g/mol. The Morgan fingerprint density at radius 2 is 1.80 bits per heavy atom. The number of hydrogen-bond donors (Lipinski definition) is 0. The smallest absolute Gasteiger partial charge is 0.427 e. The number of nitrogens with zero attached hydrogens (tertiary/aromatic N) is 6. The van der Waals surface area contributed by atoms with E-state index in [1.807, 2.05) is 13.8 Å². The maximum Gasteiger partial charge on any atom is 0.427 e. The fraction of sp³-hybridized carbons (Fsp3) is 0.519. The fourth-order valence-electron chi connectivity index (χ4n) is 4.29. The van der Waals surface area contributed by atoms with E-state index in [2.05, 4.69) is 20.1 Å². The largest absolute Gasteiger partial charge is 0.496 e. The van der Waals surface area contributed by atoms with Crippen molar-refractivity contribution in [3.63, 3.8) is 0 Å². The van der Waals surface area contributed by atoms with E-state index in [4.69, 9.17) is 14.2 Å². The van der Waals surface area contributed by atoms with Crippen LogP contribution < -0.4 is 9.47 Å². The van der Waals surface area contributed by atoms with Crippen LogP contribution in [-0.2, 0) is 22.5 Å². The molecule has 4 heterocycles. The SMILES string of the molecule is COc1c(C)cnc(Cn2nc3c4c(nc(OC(=O)N(C(=O)OC(C)(C)C)C(C)(C)C)nc42)SCC(=O)C3)c1C. The molecule has 0 saturated carbocycles. The van der Waals surface area contributed by atoms with Gasteiger partial charge in [-0.25, -0.2) is 19.2 Å². The molecule has 4 rings (SSSR count). The van der Waals surface area contributed by atoms with Gasteiger partial charge in [-0.1, -0.05) is 11.8 Å². The number of methoxy groups -OCH3 is 1. The minimum absolute atomic E-state index is 0.0109. The molecule has 1 aliphatic rings. The topological polar surface area (TPSA) is 139 Å². The van der Waals surface area contributed by atoms with Crippen LogP contribution in [0.3, 0.4) is 0 Å². The zero-order chi connectivity index (χ0) is 29.6. The van der Waals surface area contributed by atoms with Gasteiger partial charge in [-0.2, -0.15) is 15.1 Å². The fourth-order valence-corrected chi connectivity index (χ4v) is 5.18. The Morgan fingerprint density at radius 1 is 1.10 bits per heavy atom. The van der Waals surface area contributed by atoms with E-state index in [0.29, 0.717) is 27.4 Å². The van der Waals surface area contributed by atoms with Crippen molar-refractivity contribution < 1.29 is 28.6 Å². The van der Waals surface area contributed by atoms with E-state index < -0.39 is 23.3 Å². The first-order valence-corrected chi connectivity index (χ1v) is 13.7. The molecule has 0 atom stereocenters. The minimum atomic E-state index is -0.991. The quantitative estimate of drug-likeness (QED) is 0.405. The molecule has 13 heteroatoms. The third kappa shape index (κ3) is 6.03. The molecule has 12 nitrogen and oxygen atoms in total. The standard InChI is InChI=1S/C27H34N6O6S/c1-14-11-28-18(15(2)20(14)37-9)12-32-21-19-17(31-32)10-16(34)13-40-22(19)30-23(29-21)38-24(35)33(26(3,4)5)25(36)39-27(6,7)8/h11H,10,12-13H2,1-9H3. The predicted octanol–water partition coefficient (Wildman–Crippen LogP) is 4.65. The molecule has 0 fully saturated rings. The van der Waals surface area contributed by atoms with Gasteiger partial charge in [0.1, 0.15) is 22.2 Å². The third-order valence-electron chi connectivity index (χ3n) is 6.00. The van der Waals surface area contributed by atoms with Crippen molar-refractivity contribution >= 4 is 40.8 Å². The summed E-state index contributed by atoms with van der Waals surface area (Å²) in [6.07, 6.45) is 0.00900. The van der Waals surface area contributed by atoms with Gasteiger partial charge in [0, 0.05) is 22.9 Å². The molecule has 0 unspecified atom stereocenters. The molecular weight excluding hydrogens is 536 g/mol. The van der Waals surface area contributed by atoms with Crippen molar-refractivity contribution in [2.45, 2.75) is 84.5 Å². The van der Waals surface area contributed by atoms with Gasteiger partial charge in [-0.05, 0) is 55.4 Å². The van der Waals surface area contributed by atoms with Crippen LogP contribution in [0.5, 0.6) is 11.8 Å². The molecule has 0 radical (unpaired) electrons. The van der Waals surface area contributed by atoms with Crippen LogP contribution in [0.2, 0.25) is 0 Å². The lowest BCUT2D eigenvalue weighted by Crippen LogP contribution is -2.52. The number of carbonyl (C=O) groups is 3. The number of ketones is 1. The number of ether oxygens (including phenoxy) is 3. The zero-order valence-electron chi connectivity index (χ0n) is 24.2. The number of aromatic nitrogens is 5. The maximum atomic E-state index is 13.3. The first-order valence-electron chi connectivity index (χ1n) is 12.7. The summed E-state index contributed by atoms with van der Waals surface area (Å²) in [7, 11) is 1.60. The van der Waals surface area contributed by atoms with Gasteiger partial charge >= 0.3 is 18.2 Å². The minimum Gasteiger partial charge on any atom is -0.496 e. The number of aryl methyl sites for hydroxylation is 1. The molecule has 0 bridgehead atoms. The molecule has 3 aromatic heterocycles. The second-order valence-corrected chi connectivity index (χ2v) is 12.5. The van der Waals surface area contributed by atoms with Gasteiger partial charge in [0.2, 0.25) is 0 Å². The van der Waals surface area contributed by atoms with Crippen molar-refractivity contribution in [2.75, 3.05) is 12.9 Å². The molecule has 214 valence electrons. The van der Waals surface area contributed by atoms with E-state index in [9.17, 15) is 14.4 Å². The molecule has 40 heavy (non-hydrogen) atoms. The van der Waals surface area contributed by atoms with Crippen LogP contribution in [0.4, 0.5) is 9.59 Å². The number of thioether (sulfide) groups is 1. The Kier molecular flexibility index (Phi) is 7.81. The number of pyridine rings is 1. The lowest BCUT2D eigenvalue weighted by atomic mass is 10.1. The lowest BCUT2D eigenvalue weighted by molar-refractivity contribution is -0.116. The van der Waals surface area contributed by atoms with Crippen molar-refractivity contribution in [1.29, 1.82) is 0 Å². The molecular formula is C27H34N6O6S. The van der Waals surface area contributed by atoms with Gasteiger partial charge in [0.25, 0.3) is 0 Å². The number of hydrogen-bond acceptors (Lipinski definition) is 11. The van der Waals surface area contributed by atoms with Crippen LogP contribution in [0, 0.1) is 13.8 Å². The molecule has 0 N–H and O–H groups in total. The Bertz CT molecular complexity index is 1500. The predicted molar refractivity (Wildman–Crippen MR) is 148 cm³/mol. The third-order valence-corrected chi connectivity index (χ3v) is 7.04. The Morgan fingerprint density at radius 3 is 2.42 bits per heavy atom. The van der Waals surface area contributed by atoms with E-state index in [0.717, 1.165) is 21.8 Å². The Labute approximate surface area is 236 Å². The van der Waals surface area contributed by atoms with Crippen LogP contribution in [0.1, 0.15) is 64.1 Å². The number of rotatable bonds is 4. The number of Topliss-reactive ketones (excluding diaryl/α,β-unsaturated/α-hetero) is 1. The molecule has 1 aliphatic heterocycles. The van der Waals surface area contributed by atoms with Gasteiger partial charge in [0.15, 0.2) is 5.65 Å². The molecule has 0 aliphatic carbocycles. The van der Waals surface area contributed by atoms with Crippen LogP contribution in [0.15, 0.2) is 11.2 Å². The summed E-state index contributed by atoms with van der Waals surface area (Å²) >= 11 is 1.22. The van der Waals surface area contributed by atoms with Crippen molar-refractivity contribution in [1.82, 2.24) is 29.6 Å². The summed E-state index contributed by atoms with van der Waals surface area (Å²) in [6.45, 7) is 14.2. The highest BCUT2D eigenvalue weighted by molar-refractivity contribution is 8.00. The van der Waals surface area contributed by atoms with Gasteiger partial charge in [0.05, 0.1) is 42.6 Å². The Balaban J connectivity index is 1.77. The van der Waals surface area contributed by atoms with E-state index >= 15 is 0 Å². The van der Waals surface area contributed by atoms with E-state index in [-0.39, 0.29) is 30.5 Å². The summed E-state index contributed by atoms with van der Waals surface area (Å²) < 4.78 is 18.2. The first-order chi connectivity index (χ1) is 18.6. The highest BCUT2D eigenvalue weighted by Crippen LogP contribution is 2.34. The Hall–Kier alpha value is -3.74. The molecule has 0 aromatic carbocycles. The van der Waals surface area contributed by atoms with Crippen LogP contribution in [-0.4, -0.2) is 71.6 Å². The summed E-state index contributed by atoms with van der Waals surface area (Å²) in [5.41, 5.74) is 1.60. The molecule has 3 aromatic rings. The van der Waals surface area contributed by atoms with Crippen LogP contribution in [0.25, 0.3) is 11.0 Å². The van der Waals surface area contributed by atoms with Crippen LogP contribution >= 0.6 is 11.8 Å². The summed E-state index contributed by atoms with van der Waals surface area (Å²) in [5, 5.41) is 5.76. The zero-order valence-corrected chi connectivity index (χ0v) is 25.1. The summed E-state index contributed by atoms with van der Waals surface area (Å²) in [5.74, 6) is 0.906. The van der Waals surface area contributed by atoms with E-state index in [1.165, 1.54) is 11.8 Å².